The predicted molar refractivity (Wildman–Crippen MR) is 104 cm³/mol. The largest absolute Gasteiger partial charge is 0.496 e. The minimum atomic E-state index is -8.61. The van der Waals surface area contributed by atoms with Crippen LogP contribution >= 0.6 is 11.8 Å². The van der Waals surface area contributed by atoms with Gasteiger partial charge in [-0.3, -0.25) is 0 Å². The van der Waals surface area contributed by atoms with Crippen molar-refractivity contribution in [1.29, 1.82) is 0 Å². The highest BCUT2D eigenvalue weighted by atomic mass is 32.2. The zero-order valence-corrected chi connectivity index (χ0v) is 20.3. The highest BCUT2D eigenvalue weighted by Crippen LogP contribution is 2.64. The van der Waals surface area contributed by atoms with Crippen molar-refractivity contribution >= 4 is 11.8 Å². The van der Waals surface area contributed by atoms with Crippen LogP contribution in [-0.2, 0) is 5.75 Å². The fraction of sp³-hybridized carbons (Fsp3) is 0.700. The molecular weight excluding hydrogens is 611 g/mol. The molecule has 0 unspecified atom stereocenters. The first-order chi connectivity index (χ1) is 17.1. The van der Waals surface area contributed by atoms with Gasteiger partial charge in [-0.15, -0.1) is 0 Å². The van der Waals surface area contributed by atoms with Gasteiger partial charge in [-0.25, -0.2) is 0 Å². The summed E-state index contributed by atoms with van der Waals surface area (Å²) in [5, 5.41) is 0. The van der Waals surface area contributed by atoms with E-state index in [-0.39, 0.29) is 17.1 Å². The van der Waals surface area contributed by atoms with Crippen molar-refractivity contribution in [3.63, 3.8) is 0 Å². The zero-order chi connectivity index (χ0) is 31.3. The number of ether oxygens (including phenoxy) is 1. The molecule has 1 rings (SSSR count). The molecule has 0 atom stereocenters. The van der Waals surface area contributed by atoms with Gasteiger partial charge in [-0.05, 0) is 25.2 Å². The van der Waals surface area contributed by atoms with Crippen LogP contribution in [0.2, 0.25) is 0 Å². The molecule has 0 aromatic heterocycles. The molecule has 19 heteroatoms. The van der Waals surface area contributed by atoms with Crippen LogP contribution in [0.3, 0.4) is 0 Å². The summed E-state index contributed by atoms with van der Waals surface area (Å²) in [6.07, 6.45) is -10.2. The summed E-state index contributed by atoms with van der Waals surface area (Å²) in [5.74, 6) is -57.5. The summed E-state index contributed by atoms with van der Waals surface area (Å²) in [7, 11) is 1.20. The van der Waals surface area contributed by atoms with Gasteiger partial charge in [0.1, 0.15) is 5.75 Å². The third-order valence-electron chi connectivity index (χ3n) is 5.31. The lowest BCUT2D eigenvalue weighted by molar-refractivity contribution is -0.461. The average Bonchev–Trinajstić information content (AvgIpc) is 2.74. The van der Waals surface area contributed by atoms with Gasteiger partial charge >= 0.3 is 47.6 Å². The zero-order valence-electron chi connectivity index (χ0n) is 19.5. The molecule has 0 heterocycles. The summed E-state index contributed by atoms with van der Waals surface area (Å²) >= 11 is 0.312. The second-order valence-electron chi connectivity index (χ2n) is 8.23. The quantitative estimate of drug-likeness (QED) is 0.169. The topological polar surface area (TPSA) is 9.23 Å². The van der Waals surface area contributed by atoms with Crippen LogP contribution in [0.1, 0.15) is 23.1 Å². The number of hydrogen-bond donors (Lipinski definition) is 0. The predicted octanol–water partition coefficient (Wildman–Crippen LogP) is 8.94. The number of benzene rings is 1. The molecule has 0 bridgehead atoms. The second kappa shape index (κ2) is 10.5. The molecule has 0 aliphatic heterocycles. The first-order valence-electron chi connectivity index (χ1n) is 10.0. The normalized spacial score (nSPS) is 15.1. The fourth-order valence-electron chi connectivity index (χ4n) is 3.18. The molecule has 1 aromatic rings. The van der Waals surface area contributed by atoms with E-state index in [4.69, 9.17) is 4.74 Å². The van der Waals surface area contributed by atoms with Crippen molar-refractivity contribution in [2.75, 3.05) is 12.9 Å². The number of aryl methyl sites for hydroxylation is 2. The highest BCUT2D eigenvalue weighted by molar-refractivity contribution is 7.98. The molecular formula is C20H17F17OS. The highest BCUT2D eigenvalue weighted by Gasteiger charge is 2.95. The number of halogens is 17. The summed E-state index contributed by atoms with van der Waals surface area (Å²) in [4.78, 5) is 0. The summed E-state index contributed by atoms with van der Waals surface area (Å²) in [6, 6.07) is 3.06. The first-order valence-corrected chi connectivity index (χ1v) is 11.2. The Morgan fingerprint density at radius 3 is 1.44 bits per heavy atom. The fourth-order valence-corrected chi connectivity index (χ4v) is 4.16. The molecule has 0 saturated carbocycles. The molecule has 0 saturated heterocycles. The van der Waals surface area contributed by atoms with Gasteiger partial charge in [0.05, 0.1) is 7.11 Å². The molecule has 0 N–H and O–H groups in total. The lowest BCUT2D eigenvalue weighted by atomic mass is 9.88. The maximum atomic E-state index is 14.0. The molecule has 0 aliphatic rings. The molecule has 0 fully saturated rings. The SMILES string of the molecule is COc1c(C)cc(C)cc1CSCCC(F)(F)C(F)(F)C(F)(F)C(F)(F)C(F)(F)C(F)(F)C(F)(F)C(F)(F)F. The van der Waals surface area contributed by atoms with Crippen LogP contribution in [0.5, 0.6) is 5.75 Å². The Morgan fingerprint density at radius 2 is 1.03 bits per heavy atom. The number of methoxy groups -OCH3 is 1. The van der Waals surface area contributed by atoms with Crippen molar-refractivity contribution in [2.24, 2.45) is 0 Å². The first kappa shape index (κ1) is 35.2. The molecule has 0 spiro atoms. The lowest BCUT2D eigenvalue weighted by Crippen LogP contribution is -2.74. The third-order valence-corrected chi connectivity index (χ3v) is 6.31. The molecule has 1 aromatic carbocycles. The van der Waals surface area contributed by atoms with E-state index in [9.17, 15) is 74.6 Å². The minimum absolute atomic E-state index is 0.204. The van der Waals surface area contributed by atoms with E-state index in [1.807, 2.05) is 0 Å². The van der Waals surface area contributed by atoms with Crippen molar-refractivity contribution in [3.8, 4) is 5.75 Å². The van der Waals surface area contributed by atoms with Crippen molar-refractivity contribution in [3.05, 3.63) is 28.8 Å². The second-order valence-corrected chi connectivity index (χ2v) is 9.33. The molecule has 0 radical (unpaired) electrons. The number of rotatable bonds is 12. The molecule has 0 amide bonds. The third kappa shape index (κ3) is 5.56. The van der Waals surface area contributed by atoms with Gasteiger partial charge in [0, 0.05) is 17.7 Å². The molecule has 39 heavy (non-hydrogen) atoms. The maximum Gasteiger partial charge on any atom is 0.460 e. The van der Waals surface area contributed by atoms with Gasteiger partial charge in [0.25, 0.3) is 0 Å². The lowest BCUT2D eigenvalue weighted by Gasteiger charge is -2.42. The Balaban J connectivity index is 3.27. The van der Waals surface area contributed by atoms with E-state index < -0.39 is 59.8 Å². The van der Waals surface area contributed by atoms with Crippen LogP contribution in [0.15, 0.2) is 12.1 Å². The average molecular weight is 628 g/mol. The Hall–Kier alpha value is -1.82. The van der Waals surface area contributed by atoms with Gasteiger partial charge in [0.2, 0.25) is 0 Å². The number of alkyl halides is 17. The van der Waals surface area contributed by atoms with Gasteiger partial charge in [0.15, 0.2) is 0 Å². The summed E-state index contributed by atoms with van der Waals surface area (Å²) in [5.41, 5.74) is 1.41. The smallest absolute Gasteiger partial charge is 0.460 e. The molecule has 228 valence electrons. The Bertz CT molecular complexity index is 1020. The van der Waals surface area contributed by atoms with Gasteiger partial charge in [-0.1, -0.05) is 17.7 Å². The van der Waals surface area contributed by atoms with Crippen LogP contribution < -0.4 is 4.74 Å². The van der Waals surface area contributed by atoms with E-state index in [0.717, 1.165) is 0 Å². The van der Waals surface area contributed by atoms with Crippen LogP contribution in [0, 0.1) is 13.8 Å². The molecule has 0 aliphatic carbocycles. The number of hydrogen-bond acceptors (Lipinski definition) is 2. The summed E-state index contributed by atoms with van der Waals surface area (Å²) in [6.45, 7) is 3.14. The van der Waals surface area contributed by atoms with E-state index >= 15 is 0 Å². The van der Waals surface area contributed by atoms with Crippen LogP contribution in [0.4, 0.5) is 74.6 Å². The van der Waals surface area contributed by atoms with E-state index in [0.29, 0.717) is 22.9 Å². The van der Waals surface area contributed by atoms with Crippen molar-refractivity contribution < 1.29 is 79.4 Å². The maximum absolute atomic E-state index is 14.0. The van der Waals surface area contributed by atoms with E-state index in [1.165, 1.54) is 13.2 Å². The van der Waals surface area contributed by atoms with Gasteiger partial charge in [-0.2, -0.15) is 86.4 Å². The Morgan fingerprint density at radius 1 is 0.615 bits per heavy atom. The summed E-state index contributed by atoms with van der Waals surface area (Å²) < 4.78 is 231. The van der Waals surface area contributed by atoms with Crippen LogP contribution in [0.25, 0.3) is 0 Å². The van der Waals surface area contributed by atoms with Gasteiger partial charge < -0.3 is 4.74 Å². The standard InChI is InChI=1S/C20H17F17OS/c1-9-6-10(2)12(38-3)11(7-9)8-39-5-4-13(21,22)14(23,24)15(25,26)16(27,28)17(29,30)18(31,32)19(33,34)20(35,36)37/h6-7H,4-5,8H2,1-3H3. The van der Waals surface area contributed by atoms with Crippen molar-refractivity contribution in [1.82, 2.24) is 0 Å². The van der Waals surface area contributed by atoms with E-state index in [2.05, 4.69) is 0 Å². The van der Waals surface area contributed by atoms with Crippen LogP contribution in [-0.4, -0.2) is 60.5 Å². The Labute approximate surface area is 213 Å². The monoisotopic (exact) mass is 628 g/mol. The molecule has 1 nitrogen and oxygen atoms in total. The minimum Gasteiger partial charge on any atom is -0.496 e. The van der Waals surface area contributed by atoms with E-state index in [1.54, 1.807) is 19.9 Å². The Kier molecular flexibility index (Phi) is 9.51. The van der Waals surface area contributed by atoms with Crippen molar-refractivity contribution in [2.45, 2.75) is 73.7 Å². The number of thioether (sulfide) groups is 1.